The number of allylic oxidation sites excluding steroid dienone is 8. The van der Waals surface area contributed by atoms with E-state index in [9.17, 15) is 0 Å². The van der Waals surface area contributed by atoms with Gasteiger partial charge in [-0.25, -0.2) is 0 Å². The molecule has 1 heteroatoms. The molecule has 0 amide bonds. The van der Waals surface area contributed by atoms with Gasteiger partial charge in [0.1, 0.15) is 0 Å². The van der Waals surface area contributed by atoms with E-state index >= 15 is 0 Å². The van der Waals surface area contributed by atoms with Gasteiger partial charge in [0.05, 0.1) is 0 Å². The third kappa shape index (κ3) is 3.70. The van der Waals surface area contributed by atoms with E-state index in [2.05, 4.69) is 139 Å². The maximum atomic E-state index is 2.31. The summed E-state index contributed by atoms with van der Waals surface area (Å²) >= 11 is 0. The molecule has 0 bridgehead atoms. The van der Waals surface area contributed by atoms with Crippen molar-refractivity contribution in [3.8, 4) is 11.1 Å². The van der Waals surface area contributed by atoms with E-state index in [4.69, 9.17) is 0 Å². The highest BCUT2D eigenvalue weighted by molar-refractivity contribution is 5.96. The molecule has 0 fully saturated rings. The topological polar surface area (TPSA) is 3.24 Å². The van der Waals surface area contributed by atoms with Crippen molar-refractivity contribution in [1.29, 1.82) is 0 Å². The Balaban J connectivity index is 1.26. The first-order valence-electron chi connectivity index (χ1n) is 12.0. The number of fused-ring (bicyclic) bond motifs is 2. The molecule has 4 aromatic carbocycles. The summed E-state index contributed by atoms with van der Waals surface area (Å²) in [6, 6.07) is 32.9. The van der Waals surface area contributed by atoms with Crippen LogP contribution in [0.4, 0.5) is 11.4 Å². The van der Waals surface area contributed by atoms with Crippen LogP contribution < -0.4 is 4.90 Å². The Labute approximate surface area is 201 Å². The molecule has 0 heterocycles. The van der Waals surface area contributed by atoms with Gasteiger partial charge in [-0.1, -0.05) is 103 Å². The molecule has 0 saturated carbocycles. The molecule has 1 nitrogen and oxygen atoms in total. The lowest BCUT2D eigenvalue weighted by Gasteiger charge is -2.24. The summed E-state index contributed by atoms with van der Waals surface area (Å²) < 4.78 is 0. The van der Waals surface area contributed by atoms with Gasteiger partial charge in [-0.05, 0) is 69.3 Å². The highest BCUT2D eigenvalue weighted by Gasteiger charge is 2.18. The zero-order valence-electron chi connectivity index (χ0n) is 19.4. The Hall–Kier alpha value is -4.10. The van der Waals surface area contributed by atoms with Gasteiger partial charge in [-0.15, -0.1) is 0 Å². The average molecular weight is 438 g/mol. The summed E-state index contributed by atoms with van der Waals surface area (Å²) in [5, 5.41) is 2.57. The number of hydrogen-bond donors (Lipinski definition) is 0. The van der Waals surface area contributed by atoms with Crippen LogP contribution in [0.25, 0.3) is 27.5 Å². The van der Waals surface area contributed by atoms with Crippen molar-refractivity contribution in [2.75, 3.05) is 11.9 Å². The van der Waals surface area contributed by atoms with Crippen LogP contribution in [0.2, 0.25) is 0 Å². The maximum Gasteiger partial charge on any atom is 0.0408 e. The fourth-order valence-corrected chi connectivity index (χ4v) is 5.13. The van der Waals surface area contributed by atoms with Crippen molar-refractivity contribution in [3.63, 3.8) is 0 Å². The average Bonchev–Trinajstić information content (AvgIpc) is 2.92. The lowest BCUT2D eigenvalue weighted by Crippen LogP contribution is -2.09. The SMILES string of the molecule is CN(c1ccc(C2=C3C=CC=CC3CC=C2)cc1)c1ccc(-c2cccc3ccccc23)cc1. The van der Waals surface area contributed by atoms with E-state index in [0.717, 1.165) is 6.42 Å². The Morgan fingerprint density at radius 2 is 1.38 bits per heavy atom. The summed E-state index contributed by atoms with van der Waals surface area (Å²) in [6.07, 6.45) is 14.5. The maximum absolute atomic E-state index is 2.31. The quantitative estimate of drug-likeness (QED) is 0.308. The second-order valence-corrected chi connectivity index (χ2v) is 9.04. The minimum Gasteiger partial charge on any atom is -0.345 e. The largest absolute Gasteiger partial charge is 0.345 e. The molecule has 34 heavy (non-hydrogen) atoms. The smallest absolute Gasteiger partial charge is 0.0408 e. The molecule has 0 spiro atoms. The summed E-state index contributed by atoms with van der Waals surface area (Å²) in [6.45, 7) is 0. The van der Waals surface area contributed by atoms with Crippen molar-refractivity contribution in [1.82, 2.24) is 0 Å². The highest BCUT2D eigenvalue weighted by Crippen LogP contribution is 2.36. The van der Waals surface area contributed by atoms with Crippen molar-refractivity contribution < 1.29 is 0 Å². The molecule has 0 aliphatic heterocycles. The van der Waals surface area contributed by atoms with Gasteiger partial charge in [0.2, 0.25) is 0 Å². The summed E-state index contributed by atoms with van der Waals surface area (Å²) in [5.41, 5.74) is 8.92. The van der Waals surface area contributed by atoms with Gasteiger partial charge < -0.3 is 4.90 Å². The molecule has 2 aliphatic rings. The molecule has 0 N–H and O–H groups in total. The van der Waals surface area contributed by atoms with E-state index in [-0.39, 0.29) is 0 Å². The molecule has 4 aromatic rings. The van der Waals surface area contributed by atoms with E-state index in [1.54, 1.807) is 0 Å². The van der Waals surface area contributed by atoms with Gasteiger partial charge in [0.15, 0.2) is 0 Å². The van der Waals surface area contributed by atoms with Gasteiger partial charge in [-0.3, -0.25) is 0 Å². The molecule has 0 aromatic heterocycles. The fraction of sp³-hybridized carbons (Fsp3) is 0.0909. The Morgan fingerprint density at radius 3 is 2.18 bits per heavy atom. The van der Waals surface area contributed by atoms with Crippen molar-refractivity contribution in [3.05, 3.63) is 139 Å². The molecular weight excluding hydrogens is 410 g/mol. The standard InChI is InChI=1S/C33H27N/c1-34(28-20-16-26(17-21-28)32-14-6-10-24-8-2-4-12-30(24)32)29-22-18-27(19-23-29)33-15-7-11-25-9-3-5-13-31(25)33/h2-10,12-23,25H,11H2,1H3. The summed E-state index contributed by atoms with van der Waals surface area (Å²) in [7, 11) is 2.13. The fourth-order valence-electron chi connectivity index (χ4n) is 5.13. The third-order valence-corrected chi connectivity index (χ3v) is 7.04. The molecule has 1 unspecified atom stereocenters. The van der Waals surface area contributed by atoms with E-state index in [0.29, 0.717) is 5.92 Å². The number of benzene rings is 4. The van der Waals surface area contributed by atoms with Gasteiger partial charge in [0, 0.05) is 24.3 Å². The molecule has 164 valence electrons. The van der Waals surface area contributed by atoms with Crippen molar-refractivity contribution >= 4 is 27.7 Å². The van der Waals surface area contributed by atoms with Gasteiger partial charge in [0.25, 0.3) is 0 Å². The summed E-state index contributed by atoms with van der Waals surface area (Å²) in [5.74, 6) is 0.507. The predicted molar refractivity (Wildman–Crippen MR) is 146 cm³/mol. The van der Waals surface area contributed by atoms with Crippen LogP contribution in [0.15, 0.2) is 133 Å². The third-order valence-electron chi connectivity index (χ3n) is 7.04. The Morgan fingerprint density at radius 1 is 0.676 bits per heavy atom. The van der Waals surface area contributed by atoms with Crippen LogP contribution in [0.5, 0.6) is 0 Å². The lowest BCUT2D eigenvalue weighted by molar-refractivity contribution is 0.784. The summed E-state index contributed by atoms with van der Waals surface area (Å²) in [4.78, 5) is 2.25. The van der Waals surface area contributed by atoms with Gasteiger partial charge >= 0.3 is 0 Å². The van der Waals surface area contributed by atoms with E-state index in [1.807, 2.05) is 0 Å². The first-order valence-corrected chi connectivity index (χ1v) is 12.0. The highest BCUT2D eigenvalue weighted by atomic mass is 15.1. The van der Waals surface area contributed by atoms with Crippen LogP contribution in [0.1, 0.15) is 12.0 Å². The second-order valence-electron chi connectivity index (χ2n) is 9.04. The first-order chi connectivity index (χ1) is 16.8. The Bertz CT molecular complexity index is 1460. The Kier molecular flexibility index (Phi) is 5.24. The van der Waals surface area contributed by atoms with Crippen LogP contribution in [0.3, 0.4) is 0 Å². The molecule has 6 rings (SSSR count). The lowest BCUT2D eigenvalue weighted by atomic mass is 9.82. The number of hydrogen-bond acceptors (Lipinski definition) is 1. The molecule has 2 aliphatic carbocycles. The van der Waals surface area contributed by atoms with Crippen LogP contribution in [-0.2, 0) is 0 Å². The number of anilines is 2. The molecule has 0 radical (unpaired) electrons. The minimum absolute atomic E-state index is 0.507. The first kappa shape index (κ1) is 20.5. The second kappa shape index (κ2) is 8.68. The van der Waals surface area contributed by atoms with Crippen molar-refractivity contribution in [2.24, 2.45) is 5.92 Å². The number of rotatable bonds is 4. The minimum atomic E-state index is 0.507. The van der Waals surface area contributed by atoms with E-state index < -0.39 is 0 Å². The molecule has 0 saturated heterocycles. The van der Waals surface area contributed by atoms with Crippen LogP contribution in [-0.4, -0.2) is 7.05 Å². The normalized spacial score (nSPS) is 16.7. The molecular formula is C33H27N. The zero-order chi connectivity index (χ0) is 22.9. The van der Waals surface area contributed by atoms with E-state index in [1.165, 1.54) is 50.0 Å². The monoisotopic (exact) mass is 437 g/mol. The molecule has 1 atom stereocenters. The van der Waals surface area contributed by atoms with Crippen LogP contribution >= 0.6 is 0 Å². The van der Waals surface area contributed by atoms with Crippen molar-refractivity contribution in [2.45, 2.75) is 6.42 Å². The predicted octanol–water partition coefficient (Wildman–Crippen LogP) is 8.73. The zero-order valence-corrected chi connectivity index (χ0v) is 19.4. The number of nitrogens with zero attached hydrogens (tertiary/aromatic N) is 1. The van der Waals surface area contributed by atoms with Crippen LogP contribution in [0, 0.1) is 5.92 Å². The van der Waals surface area contributed by atoms with Gasteiger partial charge in [-0.2, -0.15) is 0 Å².